The molecule has 1 aromatic carbocycles. The minimum absolute atomic E-state index is 0.0644. The molecule has 0 radical (unpaired) electrons. The minimum atomic E-state index is -3.83. The molecule has 0 amide bonds. The van der Waals surface area contributed by atoms with E-state index in [0.29, 0.717) is 5.39 Å². The molecule has 0 saturated heterocycles. The van der Waals surface area contributed by atoms with E-state index >= 15 is 0 Å². The molecule has 0 atom stereocenters. The van der Waals surface area contributed by atoms with Crippen LogP contribution in [0, 0.1) is 0 Å². The molecule has 0 N–H and O–H groups in total. The topological polar surface area (TPSA) is 64.3 Å². The number of halogens is 1. The van der Waals surface area contributed by atoms with Crippen molar-refractivity contribution in [2.45, 2.75) is 4.90 Å². The normalized spacial score (nSPS) is 11.8. The summed E-state index contributed by atoms with van der Waals surface area (Å²) in [5, 5.41) is 0.298. The Labute approximate surface area is 89.5 Å². The van der Waals surface area contributed by atoms with Crippen LogP contribution in [0.4, 0.5) is 0 Å². The van der Waals surface area contributed by atoms with Gasteiger partial charge in [-0.25, -0.2) is 13.2 Å². The molecule has 0 unspecified atom stereocenters. The summed E-state index contributed by atoms with van der Waals surface area (Å²) < 4.78 is 27.2. The number of hydrogen-bond donors (Lipinski definition) is 0. The van der Waals surface area contributed by atoms with Gasteiger partial charge in [0.05, 0.1) is 4.90 Å². The fourth-order valence-electron chi connectivity index (χ4n) is 1.28. The van der Waals surface area contributed by atoms with Gasteiger partial charge in [0.15, 0.2) is 0 Å². The van der Waals surface area contributed by atoms with Crippen molar-refractivity contribution in [1.29, 1.82) is 0 Å². The molecule has 78 valence electrons. The van der Waals surface area contributed by atoms with Crippen molar-refractivity contribution in [2.75, 3.05) is 0 Å². The van der Waals surface area contributed by atoms with Crippen molar-refractivity contribution in [3.8, 4) is 0 Å². The summed E-state index contributed by atoms with van der Waals surface area (Å²) in [4.78, 5) is 10.8. The monoisotopic (exact) mass is 244 g/mol. The lowest BCUT2D eigenvalue weighted by Crippen LogP contribution is -1.97. The molecule has 1 aromatic heterocycles. The number of benzene rings is 1. The highest BCUT2D eigenvalue weighted by Gasteiger charge is 2.14. The van der Waals surface area contributed by atoms with Crippen LogP contribution >= 0.6 is 10.7 Å². The van der Waals surface area contributed by atoms with Crippen molar-refractivity contribution in [1.82, 2.24) is 0 Å². The summed E-state index contributed by atoms with van der Waals surface area (Å²) in [7, 11) is 1.40. The van der Waals surface area contributed by atoms with Crippen LogP contribution in [0.15, 0.2) is 44.4 Å². The average molecular weight is 245 g/mol. The molecule has 0 spiro atoms. The summed E-state index contributed by atoms with van der Waals surface area (Å²) in [6, 6.07) is 6.83. The molecule has 0 saturated carbocycles. The second-order valence-corrected chi connectivity index (χ2v) is 5.39. The van der Waals surface area contributed by atoms with Gasteiger partial charge in [-0.2, -0.15) is 0 Å². The van der Waals surface area contributed by atoms with Crippen LogP contribution in [0.2, 0.25) is 0 Å². The lowest BCUT2D eigenvalue weighted by Gasteiger charge is -2.00. The largest absolute Gasteiger partial charge is 0.423 e. The molecule has 0 aliphatic rings. The zero-order chi connectivity index (χ0) is 11.1. The molecule has 0 aliphatic carbocycles. The number of hydrogen-bond acceptors (Lipinski definition) is 4. The Hall–Kier alpha value is -1.33. The van der Waals surface area contributed by atoms with Gasteiger partial charge < -0.3 is 4.42 Å². The van der Waals surface area contributed by atoms with Crippen molar-refractivity contribution < 1.29 is 12.8 Å². The number of fused-ring (bicyclic) bond motifs is 1. The van der Waals surface area contributed by atoms with E-state index in [2.05, 4.69) is 0 Å². The highest BCUT2D eigenvalue weighted by molar-refractivity contribution is 8.14. The highest BCUT2D eigenvalue weighted by atomic mass is 35.7. The first-order valence-electron chi connectivity index (χ1n) is 3.96. The Balaban J connectivity index is 2.95. The molecule has 0 bridgehead atoms. The van der Waals surface area contributed by atoms with E-state index in [1.165, 1.54) is 24.3 Å². The van der Waals surface area contributed by atoms with Crippen LogP contribution in [-0.4, -0.2) is 8.42 Å². The molecule has 2 rings (SSSR count). The van der Waals surface area contributed by atoms with Gasteiger partial charge in [0.2, 0.25) is 0 Å². The first-order chi connectivity index (χ1) is 6.98. The quantitative estimate of drug-likeness (QED) is 0.566. The third-order valence-corrected chi connectivity index (χ3v) is 3.27. The SMILES string of the molecule is O=c1ccc2c(S(=O)(=O)Cl)cccc2o1. The zero-order valence-electron chi connectivity index (χ0n) is 7.31. The van der Waals surface area contributed by atoms with Gasteiger partial charge in [-0.1, -0.05) is 6.07 Å². The van der Waals surface area contributed by atoms with Crippen molar-refractivity contribution in [3.63, 3.8) is 0 Å². The molecule has 4 nitrogen and oxygen atoms in total. The first-order valence-corrected chi connectivity index (χ1v) is 6.27. The predicted molar refractivity (Wildman–Crippen MR) is 55.5 cm³/mol. The molecule has 0 fully saturated rings. The van der Waals surface area contributed by atoms with Crippen LogP contribution in [0.1, 0.15) is 0 Å². The van der Waals surface area contributed by atoms with Crippen molar-refractivity contribution >= 4 is 30.7 Å². The molecule has 15 heavy (non-hydrogen) atoms. The van der Waals surface area contributed by atoms with E-state index < -0.39 is 14.7 Å². The maximum Gasteiger partial charge on any atom is 0.336 e. The van der Waals surface area contributed by atoms with E-state index in [9.17, 15) is 13.2 Å². The minimum Gasteiger partial charge on any atom is -0.423 e. The van der Waals surface area contributed by atoms with Crippen molar-refractivity contribution in [2.24, 2.45) is 0 Å². The first kappa shape index (κ1) is 10.2. The van der Waals surface area contributed by atoms with Gasteiger partial charge in [-0.15, -0.1) is 0 Å². The van der Waals surface area contributed by atoms with Crippen LogP contribution in [-0.2, 0) is 9.05 Å². The Morgan fingerprint density at radius 3 is 2.53 bits per heavy atom. The van der Waals surface area contributed by atoms with Crippen LogP contribution in [0.5, 0.6) is 0 Å². The second-order valence-electron chi connectivity index (χ2n) is 2.86. The van der Waals surface area contributed by atoms with Crippen molar-refractivity contribution in [3.05, 3.63) is 40.8 Å². The predicted octanol–water partition coefficient (Wildman–Crippen LogP) is 1.72. The maximum atomic E-state index is 11.2. The van der Waals surface area contributed by atoms with Gasteiger partial charge in [0.1, 0.15) is 5.58 Å². The van der Waals surface area contributed by atoms with Gasteiger partial charge in [0.25, 0.3) is 9.05 Å². The fraction of sp³-hybridized carbons (Fsp3) is 0. The second kappa shape index (κ2) is 3.36. The highest BCUT2D eigenvalue weighted by Crippen LogP contribution is 2.24. The third-order valence-electron chi connectivity index (χ3n) is 1.89. The molecular formula is C9H5ClO4S. The van der Waals surface area contributed by atoms with E-state index in [-0.39, 0.29) is 10.5 Å². The smallest absolute Gasteiger partial charge is 0.336 e. The molecular weight excluding hydrogens is 240 g/mol. The summed E-state index contributed by atoms with van der Waals surface area (Å²) in [5.74, 6) is 0. The van der Waals surface area contributed by atoms with Crippen LogP contribution in [0.3, 0.4) is 0 Å². The summed E-state index contributed by atoms with van der Waals surface area (Å²) >= 11 is 0. The molecule has 6 heteroatoms. The van der Waals surface area contributed by atoms with Gasteiger partial charge in [-0.05, 0) is 18.2 Å². The van der Waals surface area contributed by atoms with E-state index in [4.69, 9.17) is 15.1 Å². The van der Waals surface area contributed by atoms with Gasteiger partial charge in [0, 0.05) is 22.1 Å². The van der Waals surface area contributed by atoms with E-state index in [1.54, 1.807) is 0 Å². The lowest BCUT2D eigenvalue weighted by molar-refractivity contribution is 0.559. The van der Waals surface area contributed by atoms with Gasteiger partial charge in [-0.3, -0.25) is 0 Å². The molecule has 2 aromatic rings. The lowest BCUT2D eigenvalue weighted by atomic mass is 10.2. The molecule has 1 heterocycles. The van der Waals surface area contributed by atoms with Crippen LogP contribution in [0.25, 0.3) is 11.0 Å². The molecule has 0 aliphatic heterocycles. The third kappa shape index (κ3) is 1.88. The van der Waals surface area contributed by atoms with E-state index in [0.717, 1.165) is 6.07 Å². The summed E-state index contributed by atoms with van der Waals surface area (Å²) in [5.41, 5.74) is -0.337. The standard InChI is InChI=1S/C9H5ClO4S/c10-15(12,13)8-3-1-2-7-6(8)4-5-9(11)14-7/h1-5H. The van der Waals surface area contributed by atoms with Gasteiger partial charge >= 0.3 is 5.63 Å². The van der Waals surface area contributed by atoms with Crippen LogP contribution < -0.4 is 5.63 Å². The fourth-order valence-corrected chi connectivity index (χ4v) is 2.36. The summed E-state index contributed by atoms with van der Waals surface area (Å²) in [6.45, 7) is 0. The average Bonchev–Trinajstić information content (AvgIpc) is 2.15. The zero-order valence-corrected chi connectivity index (χ0v) is 8.88. The van der Waals surface area contributed by atoms with E-state index in [1.807, 2.05) is 0 Å². The Kier molecular flexibility index (Phi) is 2.28. The number of rotatable bonds is 1. The Bertz CT molecular complexity index is 672. The Morgan fingerprint density at radius 2 is 1.87 bits per heavy atom. The maximum absolute atomic E-state index is 11.2. The summed E-state index contributed by atoms with van der Waals surface area (Å²) in [6.07, 6.45) is 0. The Morgan fingerprint density at radius 1 is 1.13 bits per heavy atom.